The van der Waals surface area contributed by atoms with Crippen LogP contribution in [0.4, 0.5) is 0 Å². The number of aliphatic hydroxyl groups is 1. The highest BCUT2D eigenvalue weighted by Gasteiger charge is 2.60. The van der Waals surface area contributed by atoms with Gasteiger partial charge in [-0.15, -0.1) is 0 Å². The molecule has 0 aromatic heterocycles. The van der Waals surface area contributed by atoms with Gasteiger partial charge in [0.25, 0.3) is 8.32 Å². The molecule has 2 fully saturated rings. The molecule has 0 amide bonds. The molecule has 1 aromatic carbocycles. The minimum absolute atomic E-state index is 0.0312. The molecule has 0 heterocycles. The van der Waals surface area contributed by atoms with E-state index in [0.29, 0.717) is 16.6 Å². The molecule has 4 atom stereocenters. The van der Waals surface area contributed by atoms with Crippen molar-refractivity contribution < 1.29 is 14.0 Å². The van der Waals surface area contributed by atoms with E-state index in [0.717, 1.165) is 44.3 Å². The minimum atomic E-state index is -2.02. The number of hydrogen-bond acceptors (Lipinski definition) is 3. The molecular formula is C34H58O3Si2. The highest BCUT2D eigenvalue weighted by atomic mass is 28.4. The molecule has 3 aliphatic carbocycles. The largest absolute Gasteiger partial charge is 0.543 e. The summed E-state index contributed by atoms with van der Waals surface area (Å²) in [4.78, 5) is 0. The topological polar surface area (TPSA) is 38.7 Å². The quantitative estimate of drug-likeness (QED) is 0.332. The molecule has 220 valence electrons. The molecule has 1 aromatic rings. The Morgan fingerprint density at radius 2 is 1.54 bits per heavy atom. The first-order valence-electron chi connectivity index (χ1n) is 15.8. The van der Waals surface area contributed by atoms with E-state index in [1.165, 1.54) is 16.7 Å². The summed E-state index contributed by atoms with van der Waals surface area (Å²) in [6, 6.07) is 6.77. The second-order valence-electron chi connectivity index (χ2n) is 15.9. The molecule has 2 saturated carbocycles. The van der Waals surface area contributed by atoms with Crippen LogP contribution in [0.1, 0.15) is 112 Å². The lowest BCUT2D eigenvalue weighted by Crippen LogP contribution is -2.54. The zero-order valence-electron chi connectivity index (χ0n) is 27.2. The monoisotopic (exact) mass is 570 g/mol. The molecular weight excluding hydrogens is 513 g/mol. The molecule has 0 saturated heterocycles. The maximum Gasteiger partial charge on any atom is 0.258 e. The zero-order chi connectivity index (χ0) is 29.2. The fourth-order valence-corrected chi connectivity index (χ4v) is 15.2. The van der Waals surface area contributed by atoms with Crippen LogP contribution in [-0.4, -0.2) is 33.4 Å². The Balaban J connectivity index is 1.64. The van der Waals surface area contributed by atoms with E-state index < -0.39 is 22.2 Å². The predicted molar refractivity (Wildman–Crippen MR) is 172 cm³/mol. The van der Waals surface area contributed by atoms with Crippen molar-refractivity contribution in [1.82, 2.24) is 0 Å². The van der Waals surface area contributed by atoms with E-state index in [1.54, 1.807) is 0 Å². The van der Waals surface area contributed by atoms with Gasteiger partial charge in [-0.25, -0.2) is 0 Å². The molecule has 39 heavy (non-hydrogen) atoms. The van der Waals surface area contributed by atoms with Crippen molar-refractivity contribution in [3.8, 4) is 5.75 Å². The zero-order valence-corrected chi connectivity index (χ0v) is 29.2. The lowest BCUT2D eigenvalue weighted by Gasteiger charge is -2.52. The van der Waals surface area contributed by atoms with Gasteiger partial charge in [0.2, 0.25) is 0 Å². The molecule has 0 bridgehead atoms. The molecule has 1 N–H and O–H groups in total. The van der Waals surface area contributed by atoms with Crippen LogP contribution in [0.3, 0.4) is 0 Å². The summed E-state index contributed by atoms with van der Waals surface area (Å²) in [5.41, 5.74) is 4.76. The van der Waals surface area contributed by atoms with Crippen molar-refractivity contribution >= 4 is 22.7 Å². The van der Waals surface area contributed by atoms with E-state index in [4.69, 9.17) is 8.85 Å². The van der Waals surface area contributed by atoms with Gasteiger partial charge in [-0.2, -0.15) is 0 Å². The van der Waals surface area contributed by atoms with Gasteiger partial charge < -0.3 is 14.0 Å². The average Bonchev–Trinajstić information content (AvgIpc) is 3.05. The normalized spacial score (nSPS) is 29.7. The standard InChI is InChI=1S/C34H58O3Si2/c1-23(2)39(24(3)4,25(5)6)36-29-14-13-26-17-20-34(35)28(21-27(26)22-29)18-19-33(10)30(34)15-16-31(33)37-38(11,12)32(7,8)9/h13-14,21-25,30-31,35H,15-20H2,1-12H3/t30-,31+,33+,34-/m1/s1. The van der Waals surface area contributed by atoms with Gasteiger partial charge in [0.05, 0.1) is 11.7 Å². The van der Waals surface area contributed by atoms with Crippen LogP contribution < -0.4 is 4.43 Å². The molecule has 0 spiro atoms. The Kier molecular flexibility index (Phi) is 8.31. The first kappa shape index (κ1) is 31.1. The van der Waals surface area contributed by atoms with Gasteiger partial charge in [0.15, 0.2) is 8.32 Å². The Morgan fingerprint density at radius 3 is 2.10 bits per heavy atom. The van der Waals surface area contributed by atoms with Crippen molar-refractivity contribution in [2.24, 2.45) is 11.3 Å². The third kappa shape index (κ3) is 5.17. The van der Waals surface area contributed by atoms with E-state index >= 15 is 0 Å². The molecule has 0 aliphatic heterocycles. The number of aryl methyl sites for hydroxylation is 1. The second kappa shape index (κ2) is 10.4. The van der Waals surface area contributed by atoms with Gasteiger partial charge >= 0.3 is 0 Å². The number of benzene rings is 1. The lowest BCUT2D eigenvalue weighted by atomic mass is 9.58. The summed E-state index contributed by atoms with van der Waals surface area (Å²) < 4.78 is 14.1. The first-order chi connectivity index (χ1) is 17.9. The highest BCUT2D eigenvalue weighted by Crippen LogP contribution is 2.61. The SMILES string of the molecule is CC(C)[Si](Oc1ccc2c(c1)C=C1CC[C@]3(C)[C@@H](O[Si](C)(C)C(C)(C)C)CC[C@H]3[C@@]1(O)CC2)(C(C)C)C(C)C. The van der Waals surface area contributed by atoms with Gasteiger partial charge in [0, 0.05) is 0 Å². The minimum Gasteiger partial charge on any atom is -0.543 e. The lowest BCUT2D eigenvalue weighted by molar-refractivity contribution is -0.0846. The van der Waals surface area contributed by atoms with E-state index in [1.807, 2.05) is 0 Å². The Bertz CT molecular complexity index is 1060. The van der Waals surface area contributed by atoms with Crippen LogP contribution in [-0.2, 0) is 10.8 Å². The summed E-state index contributed by atoms with van der Waals surface area (Å²) in [5.74, 6) is 1.27. The van der Waals surface area contributed by atoms with Gasteiger partial charge in [-0.1, -0.05) is 81.4 Å². The van der Waals surface area contributed by atoms with Crippen molar-refractivity contribution in [3.63, 3.8) is 0 Å². The third-order valence-corrected chi connectivity index (χ3v) is 22.3. The smallest absolute Gasteiger partial charge is 0.258 e. The average molecular weight is 571 g/mol. The molecule has 0 radical (unpaired) electrons. The number of hydrogen-bond donors (Lipinski definition) is 1. The van der Waals surface area contributed by atoms with Crippen molar-refractivity contribution in [1.29, 1.82) is 0 Å². The van der Waals surface area contributed by atoms with Gasteiger partial charge in [-0.05, 0) is 113 Å². The Hall–Kier alpha value is -0.886. The van der Waals surface area contributed by atoms with Crippen molar-refractivity contribution in [2.45, 2.75) is 154 Å². The summed E-state index contributed by atoms with van der Waals surface area (Å²) >= 11 is 0. The molecule has 3 nitrogen and oxygen atoms in total. The summed E-state index contributed by atoms with van der Waals surface area (Å²) in [6.07, 6.45) is 8.49. The van der Waals surface area contributed by atoms with Gasteiger partial charge in [0.1, 0.15) is 5.75 Å². The Labute approximate surface area is 242 Å². The third-order valence-electron chi connectivity index (χ3n) is 11.8. The van der Waals surface area contributed by atoms with Crippen LogP contribution in [0, 0.1) is 11.3 Å². The number of fused-ring (bicyclic) bond motifs is 4. The summed E-state index contributed by atoms with van der Waals surface area (Å²) in [7, 11) is -3.91. The summed E-state index contributed by atoms with van der Waals surface area (Å²) in [5, 5.41) is 12.7. The van der Waals surface area contributed by atoms with Crippen molar-refractivity contribution in [2.75, 3.05) is 0 Å². The Morgan fingerprint density at radius 1 is 0.923 bits per heavy atom. The first-order valence-corrected chi connectivity index (χ1v) is 20.9. The second-order valence-corrected chi connectivity index (χ2v) is 26.0. The molecule has 3 aliphatic rings. The van der Waals surface area contributed by atoms with Crippen LogP contribution in [0.15, 0.2) is 23.8 Å². The van der Waals surface area contributed by atoms with E-state index in [-0.39, 0.29) is 22.5 Å². The predicted octanol–water partition coefficient (Wildman–Crippen LogP) is 9.90. The van der Waals surface area contributed by atoms with Crippen LogP contribution in [0.2, 0.25) is 34.8 Å². The highest BCUT2D eigenvalue weighted by molar-refractivity contribution is 6.78. The van der Waals surface area contributed by atoms with E-state index in [2.05, 4.69) is 107 Å². The fraction of sp³-hybridized carbons (Fsp3) is 0.765. The van der Waals surface area contributed by atoms with Crippen molar-refractivity contribution in [3.05, 3.63) is 34.9 Å². The maximum absolute atomic E-state index is 12.5. The fourth-order valence-electron chi connectivity index (χ4n) is 8.49. The van der Waals surface area contributed by atoms with E-state index in [9.17, 15) is 5.11 Å². The van der Waals surface area contributed by atoms with Gasteiger partial charge in [-0.3, -0.25) is 0 Å². The van der Waals surface area contributed by atoms with Crippen LogP contribution in [0.5, 0.6) is 5.75 Å². The maximum atomic E-state index is 12.5. The van der Waals surface area contributed by atoms with Crippen LogP contribution >= 0.6 is 0 Å². The molecule has 5 heteroatoms. The molecule has 4 rings (SSSR count). The molecule has 0 unspecified atom stereocenters. The summed E-state index contributed by atoms with van der Waals surface area (Å²) in [6.45, 7) is 28.3. The number of rotatable bonds is 7. The van der Waals surface area contributed by atoms with Crippen LogP contribution in [0.25, 0.3) is 6.08 Å².